The predicted molar refractivity (Wildman–Crippen MR) is 73.7 cm³/mol. The zero-order valence-corrected chi connectivity index (χ0v) is 11.4. The molecule has 0 aliphatic carbocycles. The molecule has 4 N–H and O–H groups in total. The van der Waals surface area contributed by atoms with E-state index >= 15 is 0 Å². The summed E-state index contributed by atoms with van der Waals surface area (Å²) in [5, 5.41) is 14.2. The molecule has 0 fully saturated rings. The van der Waals surface area contributed by atoms with Gasteiger partial charge in [0.25, 0.3) is 0 Å². The smallest absolute Gasteiger partial charge is 0.329 e. The predicted octanol–water partition coefficient (Wildman–Crippen LogP) is 2.05. The topological polar surface area (TPSA) is 119 Å². The van der Waals surface area contributed by atoms with Gasteiger partial charge in [0, 0.05) is 5.54 Å². The summed E-state index contributed by atoms with van der Waals surface area (Å²) in [7, 11) is 0. The molecule has 0 unspecified atom stereocenters. The lowest BCUT2D eigenvalue weighted by Gasteiger charge is -2.32. The Morgan fingerprint density at radius 1 is 1.37 bits per heavy atom. The lowest BCUT2D eigenvalue weighted by Crippen LogP contribution is -2.36. The minimum Gasteiger partial charge on any atom is -0.359 e. The van der Waals surface area contributed by atoms with Crippen LogP contribution in [0, 0.1) is 10.1 Å². The Balaban J connectivity index is 3.19. The van der Waals surface area contributed by atoms with Gasteiger partial charge in [-0.3, -0.25) is 15.5 Å². The highest BCUT2D eigenvalue weighted by molar-refractivity contribution is 5.58. The third kappa shape index (κ3) is 3.28. The van der Waals surface area contributed by atoms with Crippen molar-refractivity contribution in [2.24, 2.45) is 5.84 Å². The number of anilines is 2. The van der Waals surface area contributed by atoms with Crippen LogP contribution in [0.5, 0.6) is 0 Å². The number of nitrogens with two attached hydrogens (primary N) is 1. The van der Waals surface area contributed by atoms with E-state index in [9.17, 15) is 10.1 Å². The lowest BCUT2D eigenvalue weighted by molar-refractivity contribution is -0.384. The molecule has 1 aromatic heterocycles. The summed E-state index contributed by atoms with van der Waals surface area (Å²) in [6.07, 6.45) is 3.67. The fourth-order valence-corrected chi connectivity index (χ4v) is 1.94. The van der Waals surface area contributed by atoms with Gasteiger partial charge in [-0.2, -0.15) is 4.98 Å². The second-order valence-electron chi connectivity index (χ2n) is 4.29. The van der Waals surface area contributed by atoms with Gasteiger partial charge in [-0.25, -0.2) is 10.8 Å². The summed E-state index contributed by atoms with van der Waals surface area (Å²) >= 11 is 0. The first-order valence-electron chi connectivity index (χ1n) is 6.28. The standard InChI is InChI=1S/C11H20N6O2/c1-4-11(5-2,6-3)15-9-8(17(18)19)7-13-10(14-9)16-12/h7H,4-6,12H2,1-3H3,(H2,13,14,15,16). The van der Waals surface area contributed by atoms with Crippen molar-refractivity contribution in [2.45, 2.75) is 45.6 Å². The van der Waals surface area contributed by atoms with Gasteiger partial charge in [0.2, 0.25) is 11.8 Å². The highest BCUT2D eigenvalue weighted by Gasteiger charge is 2.28. The van der Waals surface area contributed by atoms with Crippen molar-refractivity contribution in [2.75, 3.05) is 10.7 Å². The second kappa shape index (κ2) is 6.28. The summed E-state index contributed by atoms with van der Waals surface area (Å²) in [5.74, 6) is 5.57. The number of rotatable bonds is 7. The summed E-state index contributed by atoms with van der Waals surface area (Å²) in [5.41, 5.74) is 1.92. The van der Waals surface area contributed by atoms with E-state index < -0.39 is 4.92 Å². The Kier molecular flexibility index (Phi) is 4.99. The highest BCUT2D eigenvalue weighted by Crippen LogP contribution is 2.30. The highest BCUT2D eigenvalue weighted by atomic mass is 16.6. The quantitative estimate of drug-likeness (QED) is 0.393. The molecule has 8 nitrogen and oxygen atoms in total. The van der Waals surface area contributed by atoms with Gasteiger partial charge in [0.05, 0.1) is 4.92 Å². The molecule has 0 aliphatic heterocycles. The van der Waals surface area contributed by atoms with E-state index in [0.29, 0.717) is 0 Å². The number of nitrogen functional groups attached to an aromatic ring is 1. The molecule has 8 heteroatoms. The van der Waals surface area contributed by atoms with Gasteiger partial charge < -0.3 is 5.32 Å². The molecule has 0 spiro atoms. The molecule has 0 amide bonds. The van der Waals surface area contributed by atoms with Crippen molar-refractivity contribution in [1.82, 2.24) is 9.97 Å². The second-order valence-corrected chi connectivity index (χ2v) is 4.29. The van der Waals surface area contributed by atoms with Crippen LogP contribution in [-0.2, 0) is 0 Å². The van der Waals surface area contributed by atoms with Crippen molar-refractivity contribution in [3.8, 4) is 0 Å². The van der Waals surface area contributed by atoms with Crippen LogP contribution in [0.4, 0.5) is 17.5 Å². The van der Waals surface area contributed by atoms with Crippen LogP contribution in [0.1, 0.15) is 40.0 Å². The summed E-state index contributed by atoms with van der Waals surface area (Å²) in [6, 6.07) is 0. The van der Waals surface area contributed by atoms with E-state index in [1.54, 1.807) is 0 Å². The minimum atomic E-state index is -0.506. The number of nitro groups is 1. The van der Waals surface area contributed by atoms with Gasteiger partial charge in [-0.05, 0) is 19.3 Å². The molecule has 0 aromatic carbocycles. The maximum atomic E-state index is 11.0. The molecule has 0 atom stereocenters. The first-order valence-corrected chi connectivity index (χ1v) is 6.28. The van der Waals surface area contributed by atoms with Gasteiger partial charge in [-0.1, -0.05) is 20.8 Å². The fraction of sp³-hybridized carbons (Fsp3) is 0.636. The molecule has 19 heavy (non-hydrogen) atoms. The van der Waals surface area contributed by atoms with Crippen molar-refractivity contribution >= 4 is 17.5 Å². The zero-order valence-electron chi connectivity index (χ0n) is 11.4. The van der Waals surface area contributed by atoms with E-state index in [1.807, 2.05) is 20.8 Å². The van der Waals surface area contributed by atoms with Gasteiger partial charge in [0.1, 0.15) is 6.20 Å². The molecule has 0 saturated carbocycles. The van der Waals surface area contributed by atoms with Crippen molar-refractivity contribution in [3.63, 3.8) is 0 Å². The largest absolute Gasteiger partial charge is 0.359 e. The molecular formula is C11H20N6O2. The Hall–Kier alpha value is -1.96. The molecule has 1 heterocycles. The average molecular weight is 268 g/mol. The van der Waals surface area contributed by atoms with Gasteiger partial charge >= 0.3 is 5.69 Å². The third-order valence-corrected chi connectivity index (χ3v) is 3.51. The number of hydrogen-bond acceptors (Lipinski definition) is 7. The van der Waals surface area contributed by atoms with Crippen molar-refractivity contribution in [3.05, 3.63) is 16.3 Å². The Bertz CT molecular complexity index is 439. The monoisotopic (exact) mass is 268 g/mol. The molecule has 106 valence electrons. The van der Waals surface area contributed by atoms with E-state index in [2.05, 4.69) is 20.7 Å². The normalized spacial score (nSPS) is 11.2. The van der Waals surface area contributed by atoms with E-state index in [0.717, 1.165) is 25.5 Å². The molecule has 1 aromatic rings. The molecule has 0 bridgehead atoms. The van der Waals surface area contributed by atoms with E-state index in [-0.39, 0.29) is 23.0 Å². The number of aromatic nitrogens is 2. The molecular weight excluding hydrogens is 248 g/mol. The molecule has 0 saturated heterocycles. The molecule has 0 radical (unpaired) electrons. The number of nitrogens with one attached hydrogen (secondary N) is 2. The first kappa shape index (κ1) is 15.1. The van der Waals surface area contributed by atoms with Crippen LogP contribution >= 0.6 is 0 Å². The number of hydrogen-bond donors (Lipinski definition) is 3. The van der Waals surface area contributed by atoms with Crippen LogP contribution in [-0.4, -0.2) is 20.4 Å². The van der Waals surface area contributed by atoms with Gasteiger partial charge in [0.15, 0.2) is 0 Å². The lowest BCUT2D eigenvalue weighted by atomic mass is 9.90. The minimum absolute atomic E-state index is 0.144. The van der Waals surface area contributed by atoms with Gasteiger partial charge in [-0.15, -0.1) is 0 Å². The maximum Gasteiger partial charge on any atom is 0.329 e. The first-order chi connectivity index (χ1) is 9.01. The maximum absolute atomic E-state index is 11.0. The van der Waals surface area contributed by atoms with Crippen molar-refractivity contribution in [1.29, 1.82) is 0 Å². The van der Waals surface area contributed by atoms with Crippen LogP contribution in [0.25, 0.3) is 0 Å². The fourth-order valence-electron chi connectivity index (χ4n) is 1.94. The van der Waals surface area contributed by atoms with Crippen LogP contribution in [0.15, 0.2) is 6.20 Å². The summed E-state index contributed by atoms with van der Waals surface area (Å²) < 4.78 is 0. The van der Waals surface area contributed by atoms with E-state index in [4.69, 9.17) is 5.84 Å². The number of hydrazine groups is 1. The zero-order chi connectivity index (χ0) is 14.5. The van der Waals surface area contributed by atoms with Crippen LogP contribution in [0.2, 0.25) is 0 Å². The third-order valence-electron chi connectivity index (χ3n) is 3.51. The van der Waals surface area contributed by atoms with Crippen molar-refractivity contribution < 1.29 is 4.92 Å². The summed E-state index contributed by atoms with van der Waals surface area (Å²) in [4.78, 5) is 18.3. The average Bonchev–Trinajstić information content (AvgIpc) is 2.44. The summed E-state index contributed by atoms with van der Waals surface area (Å²) in [6.45, 7) is 6.11. The Morgan fingerprint density at radius 2 is 1.95 bits per heavy atom. The molecule has 0 aliphatic rings. The van der Waals surface area contributed by atoms with Crippen LogP contribution < -0.4 is 16.6 Å². The number of nitrogens with zero attached hydrogens (tertiary/aromatic N) is 3. The Labute approximate surface area is 111 Å². The van der Waals surface area contributed by atoms with E-state index in [1.165, 1.54) is 0 Å². The van der Waals surface area contributed by atoms with Crippen LogP contribution in [0.3, 0.4) is 0 Å². The SMILES string of the molecule is CCC(CC)(CC)Nc1nc(NN)ncc1[N+](=O)[O-]. The molecule has 1 rings (SSSR count). The Morgan fingerprint density at radius 3 is 2.37 bits per heavy atom.